The summed E-state index contributed by atoms with van der Waals surface area (Å²) < 4.78 is 5.41. The van der Waals surface area contributed by atoms with E-state index >= 15 is 0 Å². The van der Waals surface area contributed by atoms with E-state index in [-0.39, 0.29) is 0 Å². The summed E-state index contributed by atoms with van der Waals surface area (Å²) in [6.45, 7) is 4.82. The molecule has 2 aromatic carbocycles. The van der Waals surface area contributed by atoms with Gasteiger partial charge in [-0.15, -0.1) is 0 Å². The van der Waals surface area contributed by atoms with E-state index in [1.165, 1.54) is 12.6 Å². The number of morpholine rings is 1. The van der Waals surface area contributed by atoms with Crippen LogP contribution in [0.1, 0.15) is 6.92 Å². The van der Waals surface area contributed by atoms with Crippen LogP contribution in [0.15, 0.2) is 60.8 Å². The van der Waals surface area contributed by atoms with Crippen LogP contribution in [-0.2, 0) is 9.53 Å². The first-order valence-electron chi connectivity index (χ1n) is 10.9. The largest absolute Gasteiger partial charge is 0.391 e. The van der Waals surface area contributed by atoms with Gasteiger partial charge in [0.05, 0.1) is 25.0 Å². The van der Waals surface area contributed by atoms with E-state index in [0.29, 0.717) is 11.6 Å². The highest BCUT2D eigenvalue weighted by atomic mass is 16.5. The number of ether oxygens (including phenoxy) is 1. The van der Waals surface area contributed by atoms with Crippen molar-refractivity contribution in [1.29, 1.82) is 0 Å². The van der Waals surface area contributed by atoms with Crippen LogP contribution in [0.5, 0.6) is 0 Å². The average molecular weight is 449 g/mol. The lowest BCUT2D eigenvalue weighted by atomic mass is 10.1. The van der Waals surface area contributed by atoms with Gasteiger partial charge in [-0.25, -0.2) is 9.97 Å². The lowest BCUT2D eigenvalue weighted by molar-refractivity contribution is -0.120. The van der Waals surface area contributed by atoms with Gasteiger partial charge in [0.25, 0.3) is 0 Å². The maximum atomic E-state index is 11.5. The molecular formula is C24H28N6O3. The molecule has 172 valence electrons. The molecule has 1 amide bonds. The van der Waals surface area contributed by atoms with E-state index in [2.05, 4.69) is 37.6 Å². The summed E-state index contributed by atoms with van der Waals surface area (Å²) in [6, 6.07) is 16.5. The molecule has 0 spiro atoms. The van der Waals surface area contributed by atoms with Crippen molar-refractivity contribution in [3.05, 3.63) is 60.8 Å². The predicted octanol–water partition coefficient (Wildman–Crippen LogP) is 2.37. The van der Waals surface area contributed by atoms with Crippen molar-refractivity contribution in [3.8, 4) is 11.3 Å². The van der Waals surface area contributed by atoms with Crippen molar-refractivity contribution in [2.45, 2.75) is 19.1 Å². The number of aromatic nitrogens is 2. The first kappa shape index (κ1) is 22.5. The van der Waals surface area contributed by atoms with Crippen LogP contribution in [-0.4, -0.2) is 59.4 Å². The third-order valence-corrected chi connectivity index (χ3v) is 5.45. The summed E-state index contributed by atoms with van der Waals surface area (Å²) in [5.41, 5.74) is 9.73. The maximum Gasteiger partial charge on any atom is 0.242 e. The smallest absolute Gasteiger partial charge is 0.242 e. The molecule has 1 aliphatic heterocycles. The van der Waals surface area contributed by atoms with Crippen LogP contribution in [0.3, 0.4) is 0 Å². The molecule has 9 heteroatoms. The Bertz CT molecular complexity index is 1070. The Morgan fingerprint density at radius 3 is 2.36 bits per heavy atom. The molecule has 1 saturated heterocycles. The lowest BCUT2D eigenvalue weighted by Gasteiger charge is -2.28. The van der Waals surface area contributed by atoms with E-state index in [4.69, 9.17) is 10.5 Å². The SMILES string of the molecule is C[C@@H](O)[C@H](Nc1ccc(-c2ccnc(Nc3ccc(N4CCOCC4)cc3)n2)cc1)C(N)=O. The second-order valence-corrected chi connectivity index (χ2v) is 7.88. The standard InChI is InChI=1S/C24H28N6O3/c1-16(31)22(23(25)32)27-18-4-2-17(3-5-18)21-10-11-26-24(29-21)28-19-6-8-20(9-7-19)30-12-14-33-15-13-30/h2-11,16,22,27,31H,12-15H2,1H3,(H2,25,32)(H,26,28,29)/t16-,22+/m1/s1. The number of primary amides is 1. The molecule has 1 aromatic heterocycles. The molecule has 1 aliphatic rings. The topological polar surface area (TPSA) is 126 Å². The number of hydrogen-bond acceptors (Lipinski definition) is 8. The number of carbonyl (C=O) groups excluding carboxylic acids is 1. The number of hydrogen-bond donors (Lipinski definition) is 4. The van der Waals surface area contributed by atoms with Crippen molar-refractivity contribution in [2.75, 3.05) is 41.8 Å². The molecule has 33 heavy (non-hydrogen) atoms. The van der Waals surface area contributed by atoms with Gasteiger partial charge in [-0.2, -0.15) is 0 Å². The van der Waals surface area contributed by atoms with E-state index in [0.717, 1.165) is 43.2 Å². The van der Waals surface area contributed by atoms with Crippen molar-refractivity contribution < 1.29 is 14.6 Å². The van der Waals surface area contributed by atoms with Crippen molar-refractivity contribution in [3.63, 3.8) is 0 Å². The fraction of sp³-hybridized carbons (Fsp3) is 0.292. The molecule has 0 radical (unpaired) electrons. The molecule has 9 nitrogen and oxygen atoms in total. The van der Waals surface area contributed by atoms with Crippen molar-refractivity contribution in [1.82, 2.24) is 9.97 Å². The number of anilines is 4. The Hall–Kier alpha value is -3.69. The Balaban J connectivity index is 1.43. The number of carbonyl (C=O) groups is 1. The Morgan fingerprint density at radius 1 is 1.06 bits per heavy atom. The fourth-order valence-corrected chi connectivity index (χ4v) is 3.63. The van der Waals surface area contributed by atoms with Gasteiger partial charge in [0, 0.05) is 41.9 Å². The number of aliphatic hydroxyl groups is 1. The molecule has 4 rings (SSSR count). The fourth-order valence-electron chi connectivity index (χ4n) is 3.63. The Kier molecular flexibility index (Phi) is 7.01. The normalized spacial score (nSPS) is 15.5. The van der Waals surface area contributed by atoms with E-state index in [1.807, 2.05) is 42.5 Å². The van der Waals surface area contributed by atoms with Crippen LogP contribution in [0, 0.1) is 0 Å². The van der Waals surface area contributed by atoms with Gasteiger partial charge in [-0.05, 0) is 49.4 Å². The minimum absolute atomic E-state index is 0.497. The highest BCUT2D eigenvalue weighted by Crippen LogP contribution is 2.24. The summed E-state index contributed by atoms with van der Waals surface area (Å²) >= 11 is 0. The molecule has 5 N–H and O–H groups in total. The molecule has 1 fully saturated rings. The highest BCUT2D eigenvalue weighted by molar-refractivity contribution is 5.83. The average Bonchev–Trinajstić information content (AvgIpc) is 2.84. The number of nitrogens with zero attached hydrogens (tertiary/aromatic N) is 3. The van der Waals surface area contributed by atoms with Gasteiger partial charge < -0.3 is 31.1 Å². The molecule has 0 unspecified atom stereocenters. The zero-order chi connectivity index (χ0) is 23.2. The molecule has 2 heterocycles. The summed E-state index contributed by atoms with van der Waals surface area (Å²) in [4.78, 5) is 22.7. The van der Waals surface area contributed by atoms with Crippen LogP contribution < -0.4 is 21.3 Å². The number of nitrogens with one attached hydrogen (secondary N) is 2. The molecule has 3 aromatic rings. The van der Waals surface area contributed by atoms with Crippen LogP contribution in [0.25, 0.3) is 11.3 Å². The molecular weight excluding hydrogens is 420 g/mol. The minimum Gasteiger partial charge on any atom is -0.391 e. The van der Waals surface area contributed by atoms with E-state index < -0.39 is 18.1 Å². The quantitative estimate of drug-likeness (QED) is 0.414. The van der Waals surface area contributed by atoms with Gasteiger partial charge >= 0.3 is 0 Å². The van der Waals surface area contributed by atoms with Gasteiger partial charge in [-0.3, -0.25) is 4.79 Å². The summed E-state index contributed by atoms with van der Waals surface area (Å²) in [5, 5.41) is 15.9. The lowest BCUT2D eigenvalue weighted by Crippen LogP contribution is -2.43. The Morgan fingerprint density at radius 2 is 1.73 bits per heavy atom. The number of aliphatic hydroxyl groups excluding tert-OH is 1. The summed E-state index contributed by atoms with van der Waals surface area (Å²) in [7, 11) is 0. The van der Waals surface area contributed by atoms with E-state index in [9.17, 15) is 9.90 Å². The maximum absolute atomic E-state index is 11.5. The highest BCUT2D eigenvalue weighted by Gasteiger charge is 2.20. The monoisotopic (exact) mass is 448 g/mol. The predicted molar refractivity (Wildman–Crippen MR) is 129 cm³/mol. The number of amides is 1. The molecule has 2 atom stereocenters. The van der Waals surface area contributed by atoms with Gasteiger partial charge in [-0.1, -0.05) is 12.1 Å². The van der Waals surface area contributed by atoms with E-state index in [1.54, 1.807) is 6.20 Å². The first-order valence-corrected chi connectivity index (χ1v) is 10.9. The van der Waals surface area contributed by atoms with Crippen molar-refractivity contribution in [2.24, 2.45) is 5.73 Å². The van der Waals surface area contributed by atoms with Crippen molar-refractivity contribution >= 4 is 28.9 Å². The van der Waals surface area contributed by atoms with Crippen LogP contribution in [0.4, 0.5) is 23.0 Å². The summed E-state index contributed by atoms with van der Waals surface area (Å²) in [5.74, 6) is -0.115. The number of rotatable bonds is 8. The number of benzene rings is 2. The van der Waals surface area contributed by atoms with Gasteiger partial charge in [0.1, 0.15) is 6.04 Å². The third-order valence-electron chi connectivity index (χ3n) is 5.45. The first-order chi connectivity index (χ1) is 16.0. The second kappa shape index (κ2) is 10.3. The number of nitrogens with two attached hydrogens (primary N) is 1. The molecule has 0 bridgehead atoms. The third kappa shape index (κ3) is 5.76. The summed E-state index contributed by atoms with van der Waals surface area (Å²) in [6.07, 6.45) is 0.802. The molecule has 0 saturated carbocycles. The zero-order valence-corrected chi connectivity index (χ0v) is 18.4. The van der Waals surface area contributed by atoms with Gasteiger partial charge in [0.2, 0.25) is 11.9 Å². The van der Waals surface area contributed by atoms with Crippen LogP contribution >= 0.6 is 0 Å². The minimum atomic E-state index is -0.902. The second-order valence-electron chi connectivity index (χ2n) is 7.88. The van der Waals surface area contributed by atoms with Gasteiger partial charge in [0.15, 0.2) is 0 Å². The molecule has 0 aliphatic carbocycles. The van der Waals surface area contributed by atoms with Crippen LogP contribution in [0.2, 0.25) is 0 Å². The Labute approximate surface area is 192 Å². The zero-order valence-electron chi connectivity index (χ0n) is 18.4.